The average molecular weight is 443 g/mol. The number of alkyl halides is 3. The molecule has 3 nitrogen and oxygen atoms in total. The van der Waals surface area contributed by atoms with Crippen LogP contribution in [-0.2, 0) is 6.18 Å². The van der Waals surface area contributed by atoms with E-state index in [2.05, 4.69) is 17.6 Å². The summed E-state index contributed by atoms with van der Waals surface area (Å²) >= 11 is 0. The first kappa shape index (κ1) is 21.4. The largest absolute Gasteiger partial charge is 0.416 e. The number of amides is 1. The fourth-order valence-electron chi connectivity index (χ4n) is 6.85. The topological polar surface area (TPSA) is 41.1 Å². The number of carbonyl (C=O) groups excluding carboxylic acids is 1. The van der Waals surface area contributed by atoms with Crippen LogP contribution in [0.5, 0.6) is 0 Å². The molecule has 32 heavy (non-hydrogen) atoms. The van der Waals surface area contributed by atoms with Crippen molar-refractivity contribution < 1.29 is 18.0 Å². The fourth-order valence-corrected chi connectivity index (χ4v) is 6.85. The van der Waals surface area contributed by atoms with Gasteiger partial charge in [-0.05, 0) is 98.9 Å². The van der Waals surface area contributed by atoms with Crippen LogP contribution >= 0.6 is 0 Å². The van der Waals surface area contributed by atoms with Crippen molar-refractivity contribution >= 4 is 17.3 Å². The van der Waals surface area contributed by atoms with Crippen LogP contribution < -0.4 is 10.6 Å². The summed E-state index contributed by atoms with van der Waals surface area (Å²) in [5.74, 6) is 2.23. The van der Waals surface area contributed by atoms with Crippen molar-refractivity contribution in [1.82, 2.24) is 5.32 Å². The zero-order valence-electron chi connectivity index (χ0n) is 18.2. The van der Waals surface area contributed by atoms with E-state index in [1.807, 2.05) is 0 Å². The number of hydrogen-bond donors (Lipinski definition) is 2. The Morgan fingerprint density at radius 2 is 1.59 bits per heavy atom. The highest BCUT2D eigenvalue weighted by Gasteiger charge is 2.53. The smallest absolute Gasteiger partial charge is 0.355 e. The SMILES string of the molecule is CC(NC(=O)c1ccccc1Nc1cccc(C(F)(F)F)c1)C12CC3CC(CC(C3)C1)C2. The van der Waals surface area contributed by atoms with Gasteiger partial charge in [0.2, 0.25) is 0 Å². The van der Waals surface area contributed by atoms with Gasteiger partial charge in [0, 0.05) is 11.7 Å². The summed E-state index contributed by atoms with van der Waals surface area (Å²) < 4.78 is 39.2. The van der Waals surface area contributed by atoms with Crippen LogP contribution in [0.25, 0.3) is 0 Å². The first-order valence-corrected chi connectivity index (χ1v) is 11.6. The van der Waals surface area contributed by atoms with Gasteiger partial charge in [-0.15, -0.1) is 0 Å². The molecule has 1 amide bonds. The molecule has 6 rings (SSSR count). The molecule has 2 aromatic rings. The van der Waals surface area contributed by atoms with Gasteiger partial charge in [0.25, 0.3) is 5.91 Å². The van der Waals surface area contributed by atoms with Crippen molar-refractivity contribution in [2.24, 2.45) is 23.2 Å². The summed E-state index contributed by atoms with van der Waals surface area (Å²) in [4.78, 5) is 13.3. The highest BCUT2D eigenvalue weighted by atomic mass is 19.4. The summed E-state index contributed by atoms with van der Waals surface area (Å²) in [5.41, 5.74) is 0.714. The Kier molecular flexibility index (Phi) is 5.22. The van der Waals surface area contributed by atoms with E-state index >= 15 is 0 Å². The highest BCUT2D eigenvalue weighted by Crippen LogP contribution is 2.61. The maximum Gasteiger partial charge on any atom is 0.416 e. The molecular formula is C26H29F3N2O. The molecule has 4 bridgehead atoms. The average Bonchev–Trinajstić information content (AvgIpc) is 2.73. The minimum Gasteiger partial charge on any atom is -0.355 e. The number of nitrogens with one attached hydrogen (secondary N) is 2. The van der Waals surface area contributed by atoms with Gasteiger partial charge in [-0.3, -0.25) is 4.79 Å². The van der Waals surface area contributed by atoms with Crippen molar-refractivity contribution in [2.45, 2.75) is 57.7 Å². The molecule has 4 fully saturated rings. The first-order valence-electron chi connectivity index (χ1n) is 11.6. The number of carbonyl (C=O) groups is 1. The van der Waals surface area contributed by atoms with Crippen LogP contribution in [0, 0.1) is 23.2 Å². The van der Waals surface area contributed by atoms with Gasteiger partial charge < -0.3 is 10.6 Å². The number of rotatable bonds is 5. The summed E-state index contributed by atoms with van der Waals surface area (Å²) in [6, 6.07) is 12.1. The van der Waals surface area contributed by atoms with E-state index in [0.717, 1.165) is 29.9 Å². The predicted molar refractivity (Wildman–Crippen MR) is 119 cm³/mol. The Bertz CT molecular complexity index is 981. The maximum absolute atomic E-state index is 13.3. The van der Waals surface area contributed by atoms with Gasteiger partial charge in [0.15, 0.2) is 0 Å². The molecule has 2 aromatic carbocycles. The Balaban J connectivity index is 1.33. The highest BCUT2D eigenvalue weighted by molar-refractivity contribution is 6.00. The van der Waals surface area contributed by atoms with Crippen LogP contribution in [0.1, 0.15) is 61.4 Å². The minimum absolute atomic E-state index is 0.0741. The summed E-state index contributed by atoms with van der Waals surface area (Å²) in [7, 11) is 0. The molecule has 0 radical (unpaired) electrons. The molecule has 1 atom stereocenters. The van der Waals surface area contributed by atoms with Crippen molar-refractivity contribution in [3.05, 3.63) is 59.7 Å². The van der Waals surface area contributed by atoms with Gasteiger partial charge in [-0.2, -0.15) is 13.2 Å². The minimum atomic E-state index is -4.41. The summed E-state index contributed by atoms with van der Waals surface area (Å²) in [6.07, 6.45) is 3.23. The number of benzene rings is 2. The Labute approximate surface area is 186 Å². The quantitative estimate of drug-likeness (QED) is 0.536. The number of anilines is 2. The number of hydrogen-bond acceptors (Lipinski definition) is 2. The van der Waals surface area contributed by atoms with Gasteiger partial charge in [-0.1, -0.05) is 18.2 Å². The van der Waals surface area contributed by atoms with E-state index in [0.29, 0.717) is 16.9 Å². The monoisotopic (exact) mass is 442 g/mol. The Hall–Kier alpha value is -2.50. The molecule has 4 aliphatic rings. The Morgan fingerprint density at radius 3 is 2.22 bits per heavy atom. The van der Waals surface area contributed by atoms with E-state index in [1.165, 1.54) is 44.6 Å². The normalized spacial score (nSPS) is 29.6. The second kappa shape index (κ2) is 7.82. The van der Waals surface area contributed by atoms with Crippen molar-refractivity contribution in [2.75, 3.05) is 5.32 Å². The van der Waals surface area contributed by atoms with Crippen LogP contribution in [0.4, 0.5) is 24.5 Å². The molecule has 1 unspecified atom stereocenters. The van der Waals surface area contributed by atoms with Gasteiger partial charge in [0.1, 0.15) is 0 Å². The van der Waals surface area contributed by atoms with Gasteiger partial charge in [0.05, 0.1) is 16.8 Å². The lowest BCUT2D eigenvalue weighted by atomic mass is 9.48. The molecule has 0 saturated heterocycles. The number of para-hydroxylation sites is 1. The molecule has 4 aliphatic carbocycles. The van der Waals surface area contributed by atoms with Crippen LogP contribution in [0.15, 0.2) is 48.5 Å². The lowest BCUT2D eigenvalue weighted by Gasteiger charge is -2.59. The second-order valence-corrected chi connectivity index (χ2v) is 10.2. The third kappa shape index (κ3) is 4.00. The van der Waals surface area contributed by atoms with E-state index < -0.39 is 11.7 Å². The van der Waals surface area contributed by atoms with Crippen LogP contribution in [0.2, 0.25) is 0 Å². The molecule has 0 aliphatic heterocycles. The number of halogens is 3. The molecule has 0 aromatic heterocycles. The summed E-state index contributed by atoms with van der Waals surface area (Å²) in [5, 5.41) is 6.27. The molecule has 2 N–H and O–H groups in total. The zero-order valence-corrected chi connectivity index (χ0v) is 18.2. The first-order chi connectivity index (χ1) is 15.2. The maximum atomic E-state index is 13.3. The summed E-state index contributed by atoms with van der Waals surface area (Å²) in [6.45, 7) is 2.13. The lowest BCUT2D eigenvalue weighted by Crippen LogP contribution is -2.55. The van der Waals surface area contributed by atoms with Crippen molar-refractivity contribution in [3.8, 4) is 0 Å². The molecular weight excluding hydrogens is 413 g/mol. The second-order valence-electron chi connectivity index (χ2n) is 10.2. The Morgan fingerprint density at radius 1 is 0.969 bits per heavy atom. The standard InChI is InChI=1S/C26H29F3N2O/c1-16(25-13-17-9-18(14-25)11-19(10-17)15-25)30-24(32)22-7-2-3-8-23(22)31-21-6-4-5-20(12-21)26(27,28)29/h2-8,12,16-19,31H,9-11,13-15H2,1H3,(H,30,32). The predicted octanol–water partition coefficient (Wildman–Crippen LogP) is 6.78. The van der Waals surface area contributed by atoms with Crippen molar-refractivity contribution in [3.63, 3.8) is 0 Å². The molecule has 0 spiro atoms. The zero-order chi connectivity index (χ0) is 22.5. The van der Waals surface area contributed by atoms with Crippen LogP contribution in [0.3, 0.4) is 0 Å². The molecule has 170 valence electrons. The van der Waals surface area contributed by atoms with E-state index in [-0.39, 0.29) is 17.4 Å². The van der Waals surface area contributed by atoms with Crippen LogP contribution in [-0.4, -0.2) is 11.9 Å². The third-order valence-corrected chi connectivity index (χ3v) is 7.99. The van der Waals surface area contributed by atoms with Gasteiger partial charge in [-0.25, -0.2) is 0 Å². The van der Waals surface area contributed by atoms with Crippen molar-refractivity contribution in [1.29, 1.82) is 0 Å². The van der Waals surface area contributed by atoms with E-state index in [4.69, 9.17) is 0 Å². The van der Waals surface area contributed by atoms with Gasteiger partial charge >= 0.3 is 6.18 Å². The van der Waals surface area contributed by atoms with E-state index in [9.17, 15) is 18.0 Å². The molecule has 4 saturated carbocycles. The third-order valence-electron chi connectivity index (χ3n) is 7.99. The molecule has 0 heterocycles. The van der Waals surface area contributed by atoms with E-state index in [1.54, 1.807) is 30.3 Å². The lowest BCUT2D eigenvalue weighted by molar-refractivity contribution is -0.137. The molecule has 6 heteroatoms. The fraction of sp³-hybridized carbons (Fsp3) is 0.500.